The van der Waals surface area contributed by atoms with E-state index in [4.69, 9.17) is 4.42 Å². The van der Waals surface area contributed by atoms with Crippen molar-refractivity contribution in [2.24, 2.45) is 0 Å². The molecular weight excluding hydrogens is 346 g/mol. The second kappa shape index (κ2) is 6.53. The largest absolute Gasteiger partial charge is 0.440 e. The molecule has 4 aromatic rings. The van der Waals surface area contributed by atoms with E-state index in [0.29, 0.717) is 29.1 Å². The average Bonchev–Trinajstić information content (AvgIpc) is 3.23. The standard InChI is InChI=1S/C20H19N3O2S/c1-12(2)19-22-15-10-13(8-9-16(15)25-19)20(24)23(3)11-18-21-14-6-4-5-7-17(14)26-18/h4-10,12H,11H2,1-3H3. The number of thiazole rings is 1. The van der Waals surface area contributed by atoms with Crippen molar-refractivity contribution in [2.45, 2.75) is 26.3 Å². The molecule has 0 aliphatic rings. The van der Waals surface area contributed by atoms with Gasteiger partial charge in [0.1, 0.15) is 10.5 Å². The summed E-state index contributed by atoms with van der Waals surface area (Å²) >= 11 is 1.61. The van der Waals surface area contributed by atoms with Crippen molar-refractivity contribution in [3.63, 3.8) is 0 Å². The fourth-order valence-corrected chi connectivity index (χ4v) is 3.83. The summed E-state index contributed by atoms with van der Waals surface area (Å²) < 4.78 is 6.84. The number of rotatable bonds is 4. The van der Waals surface area contributed by atoms with Gasteiger partial charge in [0.05, 0.1) is 16.8 Å². The van der Waals surface area contributed by atoms with Crippen LogP contribution >= 0.6 is 11.3 Å². The van der Waals surface area contributed by atoms with Crippen LogP contribution in [0.15, 0.2) is 46.9 Å². The van der Waals surface area contributed by atoms with E-state index in [2.05, 4.69) is 9.97 Å². The fraction of sp³-hybridized carbons (Fsp3) is 0.250. The third-order valence-electron chi connectivity index (χ3n) is 4.20. The lowest BCUT2D eigenvalue weighted by atomic mass is 10.2. The molecule has 2 aromatic heterocycles. The molecule has 0 aliphatic heterocycles. The van der Waals surface area contributed by atoms with Crippen LogP contribution in [0, 0.1) is 0 Å². The summed E-state index contributed by atoms with van der Waals surface area (Å²) in [5, 5.41) is 0.923. The number of para-hydroxylation sites is 1. The quantitative estimate of drug-likeness (QED) is 0.519. The highest BCUT2D eigenvalue weighted by molar-refractivity contribution is 7.18. The van der Waals surface area contributed by atoms with Gasteiger partial charge in [-0.25, -0.2) is 9.97 Å². The van der Waals surface area contributed by atoms with Crippen LogP contribution in [0.4, 0.5) is 0 Å². The molecule has 0 unspecified atom stereocenters. The maximum absolute atomic E-state index is 12.8. The molecule has 0 radical (unpaired) electrons. The number of aromatic nitrogens is 2. The topological polar surface area (TPSA) is 59.2 Å². The number of amides is 1. The number of oxazole rings is 1. The molecule has 2 heterocycles. The average molecular weight is 365 g/mol. The molecule has 5 nitrogen and oxygen atoms in total. The Balaban J connectivity index is 1.56. The number of nitrogens with zero attached hydrogens (tertiary/aromatic N) is 3. The molecule has 0 aliphatic carbocycles. The maximum atomic E-state index is 12.8. The Hall–Kier alpha value is -2.73. The lowest BCUT2D eigenvalue weighted by Crippen LogP contribution is -2.26. The lowest BCUT2D eigenvalue weighted by molar-refractivity contribution is 0.0785. The highest BCUT2D eigenvalue weighted by Crippen LogP contribution is 2.24. The van der Waals surface area contributed by atoms with E-state index < -0.39 is 0 Å². The van der Waals surface area contributed by atoms with Crippen LogP contribution in [-0.2, 0) is 6.54 Å². The predicted octanol–water partition coefficient (Wildman–Crippen LogP) is 4.83. The smallest absolute Gasteiger partial charge is 0.254 e. The van der Waals surface area contributed by atoms with Crippen LogP contribution < -0.4 is 0 Å². The van der Waals surface area contributed by atoms with Gasteiger partial charge in [-0.3, -0.25) is 4.79 Å². The minimum absolute atomic E-state index is 0.0553. The highest BCUT2D eigenvalue weighted by atomic mass is 32.1. The Morgan fingerprint density at radius 3 is 2.73 bits per heavy atom. The molecule has 6 heteroatoms. The fourth-order valence-electron chi connectivity index (χ4n) is 2.81. The van der Waals surface area contributed by atoms with Gasteiger partial charge < -0.3 is 9.32 Å². The second-order valence-corrected chi connectivity index (χ2v) is 7.74. The number of hydrogen-bond acceptors (Lipinski definition) is 5. The van der Waals surface area contributed by atoms with Gasteiger partial charge in [0.25, 0.3) is 5.91 Å². The second-order valence-electron chi connectivity index (χ2n) is 6.63. The Morgan fingerprint density at radius 1 is 1.15 bits per heavy atom. The molecule has 132 valence electrons. The molecule has 2 aromatic carbocycles. The van der Waals surface area contributed by atoms with Gasteiger partial charge in [0.2, 0.25) is 0 Å². The number of hydrogen-bond donors (Lipinski definition) is 0. The number of carbonyl (C=O) groups is 1. The van der Waals surface area contributed by atoms with Gasteiger partial charge in [-0.2, -0.15) is 0 Å². The third kappa shape index (κ3) is 3.08. The van der Waals surface area contributed by atoms with E-state index in [1.165, 1.54) is 0 Å². The summed E-state index contributed by atoms with van der Waals surface area (Å²) in [5.74, 6) is 0.843. The molecule has 0 fully saturated rings. The first-order chi connectivity index (χ1) is 12.5. The number of fused-ring (bicyclic) bond motifs is 2. The normalized spacial score (nSPS) is 11.5. The summed E-state index contributed by atoms with van der Waals surface area (Å²) in [6.07, 6.45) is 0. The Labute approximate surface area is 155 Å². The van der Waals surface area contributed by atoms with Gasteiger partial charge in [-0.05, 0) is 30.3 Å². The van der Waals surface area contributed by atoms with Crippen LogP contribution in [0.1, 0.15) is 41.0 Å². The summed E-state index contributed by atoms with van der Waals surface area (Å²) in [4.78, 5) is 23.6. The molecule has 4 rings (SSSR count). The Morgan fingerprint density at radius 2 is 1.96 bits per heavy atom. The van der Waals surface area contributed by atoms with E-state index in [1.807, 2.05) is 44.2 Å². The van der Waals surface area contributed by atoms with Crippen molar-refractivity contribution in [1.29, 1.82) is 0 Å². The maximum Gasteiger partial charge on any atom is 0.254 e. The van der Waals surface area contributed by atoms with Gasteiger partial charge in [-0.15, -0.1) is 11.3 Å². The molecular formula is C20H19N3O2S. The van der Waals surface area contributed by atoms with E-state index in [0.717, 1.165) is 15.2 Å². The molecule has 0 saturated carbocycles. The zero-order valence-electron chi connectivity index (χ0n) is 14.9. The molecule has 0 N–H and O–H groups in total. The zero-order valence-corrected chi connectivity index (χ0v) is 15.7. The summed E-state index contributed by atoms with van der Waals surface area (Å²) in [6, 6.07) is 13.4. The van der Waals surface area contributed by atoms with Gasteiger partial charge >= 0.3 is 0 Å². The molecule has 0 spiro atoms. The predicted molar refractivity (Wildman–Crippen MR) is 104 cm³/mol. The van der Waals surface area contributed by atoms with Crippen molar-refractivity contribution in [2.75, 3.05) is 7.05 Å². The van der Waals surface area contributed by atoms with Crippen LogP contribution in [0.5, 0.6) is 0 Å². The first-order valence-electron chi connectivity index (χ1n) is 8.51. The van der Waals surface area contributed by atoms with Crippen molar-refractivity contribution in [3.05, 3.63) is 58.9 Å². The summed E-state index contributed by atoms with van der Waals surface area (Å²) in [7, 11) is 1.79. The molecule has 26 heavy (non-hydrogen) atoms. The van der Waals surface area contributed by atoms with Crippen LogP contribution in [0.3, 0.4) is 0 Å². The third-order valence-corrected chi connectivity index (χ3v) is 5.22. The van der Waals surface area contributed by atoms with Crippen molar-refractivity contribution >= 4 is 38.6 Å². The Bertz CT molecular complexity index is 1060. The minimum atomic E-state index is -0.0553. The first-order valence-corrected chi connectivity index (χ1v) is 9.33. The van der Waals surface area contributed by atoms with Gasteiger partial charge in [-0.1, -0.05) is 26.0 Å². The van der Waals surface area contributed by atoms with E-state index in [-0.39, 0.29) is 11.8 Å². The van der Waals surface area contributed by atoms with Crippen LogP contribution in [-0.4, -0.2) is 27.8 Å². The van der Waals surface area contributed by atoms with E-state index in [1.54, 1.807) is 35.4 Å². The molecule has 1 amide bonds. The minimum Gasteiger partial charge on any atom is -0.440 e. The molecule has 0 saturated heterocycles. The van der Waals surface area contributed by atoms with Crippen molar-refractivity contribution in [1.82, 2.24) is 14.9 Å². The van der Waals surface area contributed by atoms with Gasteiger partial charge in [0.15, 0.2) is 11.5 Å². The first kappa shape index (κ1) is 16.7. The van der Waals surface area contributed by atoms with Crippen LogP contribution in [0.25, 0.3) is 21.3 Å². The van der Waals surface area contributed by atoms with Gasteiger partial charge in [0, 0.05) is 18.5 Å². The highest BCUT2D eigenvalue weighted by Gasteiger charge is 2.17. The number of carbonyl (C=O) groups excluding carboxylic acids is 1. The summed E-state index contributed by atoms with van der Waals surface area (Å²) in [5.41, 5.74) is 3.00. The summed E-state index contributed by atoms with van der Waals surface area (Å²) in [6.45, 7) is 4.54. The van der Waals surface area contributed by atoms with Crippen molar-refractivity contribution < 1.29 is 9.21 Å². The monoisotopic (exact) mass is 365 g/mol. The number of benzene rings is 2. The lowest BCUT2D eigenvalue weighted by Gasteiger charge is -2.15. The Kier molecular flexibility index (Phi) is 4.20. The van der Waals surface area contributed by atoms with Crippen molar-refractivity contribution in [3.8, 4) is 0 Å². The molecule has 0 atom stereocenters. The zero-order chi connectivity index (χ0) is 18.3. The molecule has 0 bridgehead atoms. The van der Waals surface area contributed by atoms with Crippen LogP contribution in [0.2, 0.25) is 0 Å². The van der Waals surface area contributed by atoms with E-state index in [9.17, 15) is 4.79 Å². The van der Waals surface area contributed by atoms with E-state index >= 15 is 0 Å². The SMILES string of the molecule is CC(C)c1nc2cc(C(=O)N(C)Cc3nc4ccccc4s3)ccc2o1.